The van der Waals surface area contributed by atoms with Gasteiger partial charge in [0.05, 0.1) is 45.5 Å². The number of rotatable bonds is 6. The van der Waals surface area contributed by atoms with E-state index in [-0.39, 0.29) is 17.7 Å². The highest BCUT2D eigenvalue weighted by molar-refractivity contribution is 5.79. The fourth-order valence-electron chi connectivity index (χ4n) is 4.04. The van der Waals surface area contributed by atoms with Gasteiger partial charge in [0.25, 0.3) is 0 Å². The fraction of sp³-hybridized carbons (Fsp3) is 0.545. The molecule has 1 N–H and O–H groups in total. The van der Waals surface area contributed by atoms with Crippen molar-refractivity contribution in [3.05, 3.63) is 41.2 Å². The number of benzene rings is 1. The Morgan fingerprint density at radius 2 is 2.03 bits per heavy atom. The maximum Gasteiger partial charge on any atom is 0.227 e. The number of likely N-dealkylation sites (tertiary alicyclic amines) is 1. The molecule has 2 amide bonds. The molecule has 2 aliphatic heterocycles. The van der Waals surface area contributed by atoms with Gasteiger partial charge in [-0.3, -0.25) is 9.59 Å². The molecule has 1 aromatic heterocycles. The Hall–Kier alpha value is -2.94. The van der Waals surface area contributed by atoms with Crippen LogP contribution in [0.1, 0.15) is 37.2 Å². The third-order valence-electron chi connectivity index (χ3n) is 6.01. The zero-order valence-corrected chi connectivity index (χ0v) is 18.3. The number of hydrogen-bond acceptors (Lipinski definition) is 6. The molecular formula is C22H29N5O4. The first-order valence-corrected chi connectivity index (χ1v) is 10.6. The molecule has 0 radical (unpaired) electrons. The standard InChI is InChI=1S/C22H29N5O4/c1-15(2)21(29)23-11-18-19-12-31-22(14-27(19)25-24-18)8-9-26(13-22)20(28)10-16-4-6-17(30-3)7-5-16/h4-7,15H,8-14H2,1-3H3,(H,23,29). The molecule has 1 fully saturated rings. The van der Waals surface area contributed by atoms with Crippen LogP contribution in [0.2, 0.25) is 0 Å². The van der Waals surface area contributed by atoms with E-state index < -0.39 is 5.60 Å². The van der Waals surface area contributed by atoms with Crippen molar-refractivity contribution in [3.8, 4) is 5.75 Å². The third kappa shape index (κ3) is 4.56. The monoisotopic (exact) mass is 427 g/mol. The summed E-state index contributed by atoms with van der Waals surface area (Å²) in [6.07, 6.45) is 1.12. The van der Waals surface area contributed by atoms with Crippen molar-refractivity contribution in [3.63, 3.8) is 0 Å². The minimum atomic E-state index is -0.436. The van der Waals surface area contributed by atoms with Gasteiger partial charge in [-0.05, 0) is 24.1 Å². The topological polar surface area (TPSA) is 98.6 Å². The van der Waals surface area contributed by atoms with Gasteiger partial charge in [0.1, 0.15) is 17.0 Å². The molecule has 3 heterocycles. The summed E-state index contributed by atoms with van der Waals surface area (Å²) in [5.41, 5.74) is 2.14. The summed E-state index contributed by atoms with van der Waals surface area (Å²) in [6.45, 7) is 6.18. The van der Waals surface area contributed by atoms with E-state index in [1.165, 1.54) is 0 Å². The van der Waals surface area contributed by atoms with Gasteiger partial charge in [0.15, 0.2) is 0 Å². The van der Waals surface area contributed by atoms with Crippen LogP contribution in [0.3, 0.4) is 0 Å². The first-order chi connectivity index (χ1) is 14.9. The molecule has 9 nitrogen and oxygen atoms in total. The Kier molecular flexibility index (Phi) is 5.95. The summed E-state index contributed by atoms with van der Waals surface area (Å²) >= 11 is 0. The molecule has 166 valence electrons. The molecule has 1 saturated heterocycles. The van der Waals surface area contributed by atoms with Crippen molar-refractivity contribution in [2.75, 3.05) is 20.2 Å². The molecule has 2 aromatic rings. The van der Waals surface area contributed by atoms with Gasteiger partial charge in [0.2, 0.25) is 11.8 Å². The summed E-state index contributed by atoms with van der Waals surface area (Å²) in [7, 11) is 1.62. The number of carbonyl (C=O) groups is 2. The van der Waals surface area contributed by atoms with Crippen molar-refractivity contribution >= 4 is 11.8 Å². The second-order valence-corrected chi connectivity index (χ2v) is 8.57. The number of amides is 2. The average molecular weight is 428 g/mol. The molecule has 0 aliphatic carbocycles. The zero-order valence-electron chi connectivity index (χ0n) is 18.3. The smallest absolute Gasteiger partial charge is 0.227 e. The van der Waals surface area contributed by atoms with Crippen molar-refractivity contribution in [1.29, 1.82) is 0 Å². The molecular weight excluding hydrogens is 398 g/mol. The van der Waals surface area contributed by atoms with E-state index in [1.54, 1.807) is 7.11 Å². The van der Waals surface area contributed by atoms with Gasteiger partial charge in [-0.25, -0.2) is 4.68 Å². The summed E-state index contributed by atoms with van der Waals surface area (Å²) in [4.78, 5) is 26.5. The van der Waals surface area contributed by atoms with Gasteiger partial charge >= 0.3 is 0 Å². The average Bonchev–Trinajstić information content (AvgIpc) is 3.36. The van der Waals surface area contributed by atoms with Crippen molar-refractivity contribution in [1.82, 2.24) is 25.2 Å². The molecule has 2 aliphatic rings. The van der Waals surface area contributed by atoms with Crippen LogP contribution in [0, 0.1) is 5.92 Å². The SMILES string of the molecule is COc1ccc(CC(=O)N2CCC3(C2)Cn2nnc(CNC(=O)C(C)C)c2CO3)cc1. The summed E-state index contributed by atoms with van der Waals surface area (Å²) < 4.78 is 13.3. The number of fused-ring (bicyclic) bond motifs is 1. The lowest BCUT2D eigenvalue weighted by molar-refractivity contribution is -0.132. The van der Waals surface area contributed by atoms with Crippen molar-refractivity contribution in [2.24, 2.45) is 5.92 Å². The summed E-state index contributed by atoms with van der Waals surface area (Å²) in [5, 5.41) is 11.4. The van der Waals surface area contributed by atoms with Gasteiger partial charge < -0.3 is 19.7 Å². The Balaban J connectivity index is 1.35. The minimum absolute atomic E-state index is 0.0169. The lowest BCUT2D eigenvalue weighted by atomic mass is 10.0. The third-order valence-corrected chi connectivity index (χ3v) is 6.01. The normalized spacial score (nSPS) is 20.2. The molecule has 9 heteroatoms. The van der Waals surface area contributed by atoms with Crippen LogP contribution in [0.25, 0.3) is 0 Å². The number of carbonyl (C=O) groups excluding carboxylic acids is 2. The van der Waals surface area contributed by atoms with E-state index in [0.29, 0.717) is 39.2 Å². The number of ether oxygens (including phenoxy) is 2. The van der Waals surface area contributed by atoms with Crippen LogP contribution in [0.4, 0.5) is 0 Å². The van der Waals surface area contributed by atoms with Crippen molar-refractivity contribution in [2.45, 2.75) is 52.0 Å². The highest BCUT2D eigenvalue weighted by Gasteiger charge is 2.44. The van der Waals surface area contributed by atoms with Crippen LogP contribution < -0.4 is 10.1 Å². The van der Waals surface area contributed by atoms with E-state index in [9.17, 15) is 9.59 Å². The van der Waals surface area contributed by atoms with E-state index in [4.69, 9.17) is 9.47 Å². The quantitative estimate of drug-likeness (QED) is 0.746. The summed E-state index contributed by atoms with van der Waals surface area (Å²) in [6, 6.07) is 7.57. The number of methoxy groups -OCH3 is 1. The Morgan fingerprint density at radius 3 is 2.74 bits per heavy atom. The van der Waals surface area contributed by atoms with Gasteiger partial charge in [-0.15, -0.1) is 5.10 Å². The predicted octanol–water partition coefficient (Wildman–Crippen LogP) is 1.30. The molecule has 1 unspecified atom stereocenters. The Bertz CT molecular complexity index is 955. The molecule has 1 aromatic carbocycles. The molecule has 0 saturated carbocycles. The highest BCUT2D eigenvalue weighted by Crippen LogP contribution is 2.33. The van der Waals surface area contributed by atoms with Crippen LogP contribution in [-0.2, 0) is 40.4 Å². The molecule has 1 spiro atoms. The first kappa shape index (κ1) is 21.3. The maximum absolute atomic E-state index is 12.8. The van der Waals surface area contributed by atoms with Crippen molar-refractivity contribution < 1.29 is 19.1 Å². The van der Waals surface area contributed by atoms with E-state index in [1.807, 2.05) is 47.7 Å². The van der Waals surface area contributed by atoms with E-state index in [0.717, 1.165) is 29.1 Å². The summed E-state index contributed by atoms with van der Waals surface area (Å²) in [5.74, 6) is 0.772. The maximum atomic E-state index is 12.8. The first-order valence-electron chi connectivity index (χ1n) is 10.6. The lowest BCUT2D eigenvalue weighted by Crippen LogP contribution is -2.45. The number of nitrogens with zero attached hydrogens (tertiary/aromatic N) is 4. The minimum Gasteiger partial charge on any atom is -0.497 e. The Morgan fingerprint density at radius 1 is 1.26 bits per heavy atom. The van der Waals surface area contributed by atoms with Crippen LogP contribution >= 0.6 is 0 Å². The molecule has 31 heavy (non-hydrogen) atoms. The highest BCUT2D eigenvalue weighted by atomic mass is 16.5. The number of nitrogens with one attached hydrogen (secondary N) is 1. The van der Waals surface area contributed by atoms with Gasteiger partial charge in [-0.2, -0.15) is 0 Å². The van der Waals surface area contributed by atoms with Crippen LogP contribution in [-0.4, -0.2) is 57.5 Å². The largest absolute Gasteiger partial charge is 0.497 e. The van der Waals surface area contributed by atoms with E-state index >= 15 is 0 Å². The predicted molar refractivity (Wildman–Crippen MR) is 112 cm³/mol. The second-order valence-electron chi connectivity index (χ2n) is 8.57. The van der Waals surface area contributed by atoms with Gasteiger partial charge in [0, 0.05) is 12.5 Å². The second kappa shape index (κ2) is 8.66. The van der Waals surface area contributed by atoms with Crippen LogP contribution in [0.15, 0.2) is 24.3 Å². The number of hydrogen-bond donors (Lipinski definition) is 1. The van der Waals surface area contributed by atoms with E-state index in [2.05, 4.69) is 15.6 Å². The fourth-order valence-corrected chi connectivity index (χ4v) is 4.04. The van der Waals surface area contributed by atoms with Gasteiger partial charge in [-0.1, -0.05) is 31.2 Å². The lowest BCUT2D eigenvalue weighted by Gasteiger charge is -2.34. The molecule has 1 atom stereocenters. The number of aromatic nitrogens is 3. The molecule has 4 rings (SSSR count). The Labute approximate surface area is 181 Å². The molecule has 0 bridgehead atoms. The zero-order chi connectivity index (χ0) is 22.0. The van der Waals surface area contributed by atoms with Crippen LogP contribution in [0.5, 0.6) is 5.75 Å².